The van der Waals surface area contributed by atoms with Crippen molar-refractivity contribution in [3.8, 4) is 0 Å². The second-order valence-corrected chi connectivity index (χ2v) is 3.32. The van der Waals surface area contributed by atoms with Gasteiger partial charge in [-0.05, 0) is 19.1 Å². The van der Waals surface area contributed by atoms with Crippen molar-refractivity contribution < 1.29 is 4.79 Å². The minimum absolute atomic E-state index is 0.0129. The quantitative estimate of drug-likeness (QED) is 0.749. The number of anilines is 1. The number of pyridine rings is 1. The lowest BCUT2D eigenvalue weighted by Crippen LogP contribution is -2.21. The van der Waals surface area contributed by atoms with Gasteiger partial charge in [0, 0.05) is 12.4 Å². The first kappa shape index (κ1) is 9.67. The number of hydrogen-bond acceptors (Lipinski definition) is 3. The Hall–Kier alpha value is -1.88. The molecule has 0 aliphatic heterocycles. The van der Waals surface area contributed by atoms with E-state index in [1.807, 2.05) is 29.8 Å². The summed E-state index contributed by atoms with van der Waals surface area (Å²) in [5.74, 6) is -0.203. The summed E-state index contributed by atoms with van der Waals surface area (Å²) < 4.78 is 1.86. The van der Waals surface area contributed by atoms with Crippen LogP contribution < -0.4 is 11.1 Å². The molecule has 15 heavy (non-hydrogen) atoms. The SMILES string of the molecule is Cc1cn2cc(NC(=O)CN)ccc2n1. The van der Waals surface area contributed by atoms with E-state index in [2.05, 4.69) is 10.3 Å². The standard InChI is InChI=1S/C10H12N4O/c1-7-5-14-6-8(13-10(15)4-11)2-3-9(14)12-7/h2-3,5-6H,4,11H2,1H3,(H,13,15). The number of aromatic nitrogens is 2. The summed E-state index contributed by atoms with van der Waals surface area (Å²) in [5.41, 5.74) is 7.72. The van der Waals surface area contributed by atoms with Crippen molar-refractivity contribution in [2.24, 2.45) is 5.73 Å². The Balaban J connectivity index is 2.33. The van der Waals surface area contributed by atoms with Crippen molar-refractivity contribution in [2.75, 3.05) is 11.9 Å². The molecule has 2 aromatic heterocycles. The fraction of sp³-hybridized carbons (Fsp3) is 0.200. The molecule has 78 valence electrons. The summed E-state index contributed by atoms with van der Waals surface area (Å²) in [6, 6.07) is 3.65. The van der Waals surface area contributed by atoms with Crippen LogP contribution in [-0.4, -0.2) is 21.8 Å². The average Bonchev–Trinajstić information content (AvgIpc) is 2.57. The minimum atomic E-state index is -0.203. The smallest absolute Gasteiger partial charge is 0.238 e. The molecule has 0 atom stereocenters. The summed E-state index contributed by atoms with van der Waals surface area (Å²) in [4.78, 5) is 15.3. The molecular formula is C10H12N4O. The molecule has 0 saturated carbocycles. The van der Waals surface area contributed by atoms with Gasteiger partial charge in [0.1, 0.15) is 5.65 Å². The first-order valence-corrected chi connectivity index (χ1v) is 4.64. The zero-order chi connectivity index (χ0) is 10.8. The van der Waals surface area contributed by atoms with Gasteiger partial charge in [-0.1, -0.05) is 0 Å². The number of nitrogens with one attached hydrogen (secondary N) is 1. The van der Waals surface area contributed by atoms with E-state index >= 15 is 0 Å². The first-order chi connectivity index (χ1) is 7.19. The molecule has 3 N–H and O–H groups in total. The van der Waals surface area contributed by atoms with Crippen LogP contribution in [0.5, 0.6) is 0 Å². The Morgan fingerprint density at radius 3 is 3.07 bits per heavy atom. The second-order valence-electron chi connectivity index (χ2n) is 3.32. The maximum absolute atomic E-state index is 11.1. The molecule has 0 radical (unpaired) electrons. The van der Waals surface area contributed by atoms with Crippen LogP contribution in [0.2, 0.25) is 0 Å². The van der Waals surface area contributed by atoms with E-state index in [4.69, 9.17) is 5.73 Å². The van der Waals surface area contributed by atoms with Gasteiger partial charge >= 0.3 is 0 Å². The van der Waals surface area contributed by atoms with Gasteiger partial charge in [-0.2, -0.15) is 0 Å². The molecule has 2 heterocycles. The third-order valence-corrected chi connectivity index (χ3v) is 2.04. The highest BCUT2D eigenvalue weighted by Gasteiger charge is 2.01. The van der Waals surface area contributed by atoms with Gasteiger partial charge in [-0.3, -0.25) is 4.79 Å². The second kappa shape index (κ2) is 3.70. The summed E-state index contributed by atoms with van der Waals surface area (Å²) in [5, 5.41) is 2.68. The molecule has 2 aromatic rings. The topological polar surface area (TPSA) is 72.4 Å². The number of aryl methyl sites for hydroxylation is 1. The molecular weight excluding hydrogens is 192 g/mol. The summed E-state index contributed by atoms with van der Waals surface area (Å²) in [6.07, 6.45) is 3.70. The maximum Gasteiger partial charge on any atom is 0.238 e. The number of hydrogen-bond donors (Lipinski definition) is 2. The van der Waals surface area contributed by atoms with Gasteiger partial charge in [0.25, 0.3) is 0 Å². The van der Waals surface area contributed by atoms with Crippen molar-refractivity contribution in [1.82, 2.24) is 9.38 Å². The van der Waals surface area contributed by atoms with Gasteiger partial charge < -0.3 is 15.5 Å². The van der Waals surface area contributed by atoms with Gasteiger partial charge in [-0.15, -0.1) is 0 Å². The lowest BCUT2D eigenvalue weighted by molar-refractivity contribution is -0.114. The number of nitrogens with two attached hydrogens (primary N) is 1. The van der Waals surface area contributed by atoms with Gasteiger partial charge in [0.2, 0.25) is 5.91 Å². The van der Waals surface area contributed by atoms with Crippen molar-refractivity contribution in [3.63, 3.8) is 0 Å². The Morgan fingerprint density at radius 1 is 1.53 bits per heavy atom. The van der Waals surface area contributed by atoms with Crippen LogP contribution in [0.1, 0.15) is 5.69 Å². The molecule has 0 saturated heterocycles. The van der Waals surface area contributed by atoms with Crippen molar-refractivity contribution in [1.29, 1.82) is 0 Å². The molecule has 0 bridgehead atoms. The predicted octanol–water partition coefficient (Wildman–Crippen LogP) is 0.540. The van der Waals surface area contributed by atoms with Crippen LogP contribution in [0.15, 0.2) is 24.5 Å². The van der Waals surface area contributed by atoms with Crippen molar-refractivity contribution in [3.05, 3.63) is 30.2 Å². The van der Waals surface area contributed by atoms with Crippen LogP contribution in [0.25, 0.3) is 5.65 Å². The zero-order valence-electron chi connectivity index (χ0n) is 8.40. The number of carbonyl (C=O) groups is 1. The van der Waals surface area contributed by atoms with Crippen LogP contribution >= 0.6 is 0 Å². The average molecular weight is 204 g/mol. The summed E-state index contributed by atoms with van der Waals surface area (Å²) in [6.45, 7) is 1.91. The van der Waals surface area contributed by atoms with E-state index in [0.29, 0.717) is 0 Å². The molecule has 0 aliphatic carbocycles. The van der Waals surface area contributed by atoms with E-state index < -0.39 is 0 Å². The predicted molar refractivity (Wildman–Crippen MR) is 57.6 cm³/mol. The number of amides is 1. The molecule has 5 heteroatoms. The van der Waals surface area contributed by atoms with E-state index in [9.17, 15) is 4.79 Å². The largest absolute Gasteiger partial charge is 0.324 e. The molecule has 0 fully saturated rings. The Morgan fingerprint density at radius 2 is 2.33 bits per heavy atom. The molecule has 0 unspecified atom stereocenters. The number of fused-ring (bicyclic) bond motifs is 1. The third-order valence-electron chi connectivity index (χ3n) is 2.04. The Bertz CT molecular complexity index is 503. The van der Waals surface area contributed by atoms with E-state index in [1.165, 1.54) is 0 Å². The highest BCUT2D eigenvalue weighted by molar-refractivity contribution is 5.92. The van der Waals surface area contributed by atoms with Crippen LogP contribution in [0.4, 0.5) is 5.69 Å². The molecule has 0 spiro atoms. The van der Waals surface area contributed by atoms with Crippen LogP contribution in [0, 0.1) is 6.92 Å². The van der Waals surface area contributed by atoms with E-state index in [-0.39, 0.29) is 12.5 Å². The van der Waals surface area contributed by atoms with Crippen LogP contribution in [-0.2, 0) is 4.79 Å². The lowest BCUT2D eigenvalue weighted by atomic mass is 10.4. The van der Waals surface area contributed by atoms with Crippen LogP contribution in [0.3, 0.4) is 0 Å². The molecule has 1 amide bonds. The number of carbonyl (C=O) groups excluding carboxylic acids is 1. The fourth-order valence-electron chi connectivity index (χ4n) is 1.40. The van der Waals surface area contributed by atoms with Crippen molar-refractivity contribution >= 4 is 17.2 Å². The highest BCUT2D eigenvalue weighted by atomic mass is 16.1. The van der Waals surface area contributed by atoms with E-state index in [1.54, 1.807) is 6.07 Å². The minimum Gasteiger partial charge on any atom is -0.324 e. The third kappa shape index (κ3) is 1.97. The number of imidazole rings is 1. The highest BCUT2D eigenvalue weighted by Crippen LogP contribution is 2.10. The van der Waals surface area contributed by atoms with Gasteiger partial charge in [-0.25, -0.2) is 4.98 Å². The Kier molecular flexibility index (Phi) is 2.39. The zero-order valence-corrected chi connectivity index (χ0v) is 8.40. The first-order valence-electron chi connectivity index (χ1n) is 4.64. The molecule has 2 rings (SSSR count). The Labute approximate surface area is 86.9 Å². The lowest BCUT2D eigenvalue weighted by Gasteiger charge is -2.03. The summed E-state index contributed by atoms with van der Waals surface area (Å²) in [7, 11) is 0. The normalized spacial score (nSPS) is 10.5. The van der Waals surface area contributed by atoms with Gasteiger partial charge in [0.15, 0.2) is 0 Å². The number of nitrogens with zero attached hydrogens (tertiary/aromatic N) is 2. The van der Waals surface area contributed by atoms with E-state index in [0.717, 1.165) is 17.0 Å². The molecule has 0 aliphatic rings. The van der Waals surface area contributed by atoms with Crippen molar-refractivity contribution in [2.45, 2.75) is 6.92 Å². The number of rotatable bonds is 2. The summed E-state index contributed by atoms with van der Waals surface area (Å²) >= 11 is 0. The monoisotopic (exact) mass is 204 g/mol. The molecule has 5 nitrogen and oxygen atoms in total. The molecule has 0 aromatic carbocycles. The fourth-order valence-corrected chi connectivity index (χ4v) is 1.40. The van der Waals surface area contributed by atoms with Gasteiger partial charge in [0.05, 0.1) is 17.9 Å². The maximum atomic E-state index is 11.1.